The summed E-state index contributed by atoms with van der Waals surface area (Å²) in [4.78, 5) is 11.4. The fourth-order valence-corrected chi connectivity index (χ4v) is 1.56. The number of rotatable bonds is 3. The fourth-order valence-electron chi connectivity index (χ4n) is 1.56. The van der Waals surface area contributed by atoms with Gasteiger partial charge in [-0.15, -0.1) is 0 Å². The molecule has 1 amide bonds. The minimum atomic E-state index is -0.456. The second-order valence-corrected chi connectivity index (χ2v) is 3.86. The predicted molar refractivity (Wildman–Crippen MR) is 65.9 cm³/mol. The SMILES string of the molecule is CCCOC(=O)Nc1c(C)cc(C#N)cc1C. The molecule has 0 atom stereocenters. The van der Waals surface area contributed by atoms with E-state index in [9.17, 15) is 4.79 Å². The number of nitrogens with one attached hydrogen (secondary N) is 1. The van der Waals surface area contributed by atoms with Gasteiger partial charge < -0.3 is 4.74 Å². The van der Waals surface area contributed by atoms with E-state index in [4.69, 9.17) is 10.00 Å². The van der Waals surface area contributed by atoms with E-state index in [1.165, 1.54) is 0 Å². The van der Waals surface area contributed by atoms with Gasteiger partial charge in [-0.05, 0) is 43.5 Å². The standard InChI is InChI=1S/C13H16N2O2/c1-4-5-17-13(16)15-12-9(2)6-11(8-14)7-10(12)3/h6-7H,4-5H2,1-3H3,(H,15,16). The molecule has 0 aliphatic rings. The van der Waals surface area contributed by atoms with Crippen LogP contribution in [0.3, 0.4) is 0 Å². The zero-order valence-electron chi connectivity index (χ0n) is 10.3. The molecule has 0 saturated carbocycles. The van der Waals surface area contributed by atoms with Crippen molar-refractivity contribution in [3.05, 3.63) is 28.8 Å². The molecule has 0 fully saturated rings. The number of hydrogen-bond donors (Lipinski definition) is 1. The van der Waals surface area contributed by atoms with Crippen molar-refractivity contribution in [3.8, 4) is 6.07 Å². The summed E-state index contributed by atoms with van der Waals surface area (Å²) < 4.78 is 4.95. The van der Waals surface area contributed by atoms with E-state index >= 15 is 0 Å². The van der Waals surface area contributed by atoms with Gasteiger partial charge in [0.2, 0.25) is 0 Å². The van der Waals surface area contributed by atoms with Crippen molar-refractivity contribution in [2.24, 2.45) is 0 Å². The molecular formula is C13H16N2O2. The van der Waals surface area contributed by atoms with Gasteiger partial charge in [0.1, 0.15) is 0 Å². The summed E-state index contributed by atoms with van der Waals surface area (Å²) in [6.45, 7) is 6.04. The van der Waals surface area contributed by atoms with Gasteiger partial charge in [-0.1, -0.05) is 6.92 Å². The summed E-state index contributed by atoms with van der Waals surface area (Å²) in [7, 11) is 0. The summed E-state index contributed by atoms with van der Waals surface area (Å²) in [5, 5.41) is 11.5. The first-order valence-corrected chi connectivity index (χ1v) is 5.53. The van der Waals surface area contributed by atoms with Crippen molar-refractivity contribution in [1.29, 1.82) is 5.26 Å². The lowest BCUT2D eigenvalue weighted by Crippen LogP contribution is -2.15. The molecule has 0 bridgehead atoms. The summed E-state index contributed by atoms with van der Waals surface area (Å²) in [5.74, 6) is 0. The quantitative estimate of drug-likeness (QED) is 0.870. The van der Waals surface area contributed by atoms with E-state index in [1.54, 1.807) is 12.1 Å². The van der Waals surface area contributed by atoms with Crippen molar-refractivity contribution < 1.29 is 9.53 Å². The average molecular weight is 232 g/mol. The van der Waals surface area contributed by atoms with Gasteiger partial charge >= 0.3 is 6.09 Å². The Balaban J connectivity index is 2.85. The topological polar surface area (TPSA) is 62.1 Å². The first-order valence-electron chi connectivity index (χ1n) is 5.53. The maximum Gasteiger partial charge on any atom is 0.411 e. The van der Waals surface area contributed by atoms with Crippen molar-refractivity contribution >= 4 is 11.8 Å². The molecule has 0 heterocycles. The molecule has 0 spiro atoms. The van der Waals surface area contributed by atoms with Crippen molar-refractivity contribution in [2.45, 2.75) is 27.2 Å². The fraction of sp³-hybridized carbons (Fsp3) is 0.385. The third kappa shape index (κ3) is 3.49. The molecule has 1 aromatic carbocycles. The molecule has 0 aromatic heterocycles. The molecule has 90 valence electrons. The Morgan fingerprint density at radius 1 is 1.41 bits per heavy atom. The summed E-state index contributed by atoms with van der Waals surface area (Å²) in [6, 6.07) is 5.56. The largest absolute Gasteiger partial charge is 0.449 e. The number of amides is 1. The van der Waals surface area contributed by atoms with E-state index in [0.717, 1.165) is 17.5 Å². The number of carbonyl (C=O) groups is 1. The Bertz CT molecular complexity index is 438. The molecule has 1 aromatic rings. The van der Waals surface area contributed by atoms with Crippen LogP contribution in [0.1, 0.15) is 30.0 Å². The minimum Gasteiger partial charge on any atom is -0.449 e. The molecule has 0 unspecified atom stereocenters. The van der Waals surface area contributed by atoms with Crippen LogP contribution in [-0.2, 0) is 4.74 Å². The number of ether oxygens (including phenoxy) is 1. The third-order valence-corrected chi connectivity index (χ3v) is 2.33. The highest BCUT2D eigenvalue weighted by Crippen LogP contribution is 2.22. The number of nitriles is 1. The highest BCUT2D eigenvalue weighted by atomic mass is 16.5. The maximum absolute atomic E-state index is 11.4. The average Bonchev–Trinajstić information content (AvgIpc) is 2.30. The Morgan fingerprint density at radius 3 is 2.47 bits per heavy atom. The van der Waals surface area contributed by atoms with Gasteiger partial charge in [-0.3, -0.25) is 5.32 Å². The van der Waals surface area contributed by atoms with E-state index in [2.05, 4.69) is 11.4 Å². The van der Waals surface area contributed by atoms with Crippen molar-refractivity contribution in [3.63, 3.8) is 0 Å². The molecule has 0 aliphatic heterocycles. The molecular weight excluding hydrogens is 216 g/mol. The van der Waals surface area contributed by atoms with Gasteiger partial charge in [-0.25, -0.2) is 4.79 Å². The molecule has 1 N–H and O–H groups in total. The van der Waals surface area contributed by atoms with E-state index in [-0.39, 0.29) is 0 Å². The number of hydrogen-bond acceptors (Lipinski definition) is 3. The molecule has 4 nitrogen and oxygen atoms in total. The highest BCUT2D eigenvalue weighted by Gasteiger charge is 2.09. The van der Waals surface area contributed by atoms with Crippen molar-refractivity contribution in [1.82, 2.24) is 0 Å². The van der Waals surface area contributed by atoms with Crippen LogP contribution in [0, 0.1) is 25.2 Å². The Kier molecular flexibility index (Phi) is 4.53. The predicted octanol–water partition coefficient (Wildman–Crippen LogP) is 3.13. The van der Waals surface area contributed by atoms with Crippen LogP contribution >= 0.6 is 0 Å². The number of carbonyl (C=O) groups excluding carboxylic acids is 1. The number of nitrogens with zero attached hydrogens (tertiary/aromatic N) is 1. The zero-order chi connectivity index (χ0) is 12.8. The highest BCUT2D eigenvalue weighted by molar-refractivity contribution is 5.87. The first-order chi connectivity index (χ1) is 8.08. The summed E-state index contributed by atoms with van der Waals surface area (Å²) in [5.41, 5.74) is 3.02. The van der Waals surface area contributed by atoms with Crippen LogP contribution in [0.4, 0.5) is 10.5 Å². The number of benzene rings is 1. The Morgan fingerprint density at radius 2 is 2.00 bits per heavy atom. The lowest BCUT2D eigenvalue weighted by atomic mass is 10.1. The maximum atomic E-state index is 11.4. The van der Waals surface area contributed by atoms with E-state index in [1.807, 2.05) is 20.8 Å². The van der Waals surface area contributed by atoms with Crippen LogP contribution in [0.2, 0.25) is 0 Å². The number of anilines is 1. The van der Waals surface area contributed by atoms with Gasteiger partial charge in [0.15, 0.2) is 0 Å². The molecule has 1 rings (SSSR count). The zero-order valence-corrected chi connectivity index (χ0v) is 10.3. The van der Waals surface area contributed by atoms with Crippen LogP contribution in [0.15, 0.2) is 12.1 Å². The lowest BCUT2D eigenvalue weighted by Gasteiger charge is -2.12. The minimum absolute atomic E-state index is 0.403. The van der Waals surface area contributed by atoms with Crippen molar-refractivity contribution in [2.75, 3.05) is 11.9 Å². The van der Waals surface area contributed by atoms with Crippen LogP contribution < -0.4 is 5.32 Å². The van der Waals surface area contributed by atoms with Crippen LogP contribution in [0.5, 0.6) is 0 Å². The third-order valence-electron chi connectivity index (χ3n) is 2.33. The molecule has 0 saturated heterocycles. The van der Waals surface area contributed by atoms with Crippen LogP contribution in [0.25, 0.3) is 0 Å². The summed E-state index contributed by atoms with van der Waals surface area (Å²) in [6.07, 6.45) is 0.335. The Labute approximate surface area is 101 Å². The van der Waals surface area contributed by atoms with E-state index < -0.39 is 6.09 Å². The smallest absolute Gasteiger partial charge is 0.411 e. The molecule has 17 heavy (non-hydrogen) atoms. The summed E-state index contributed by atoms with van der Waals surface area (Å²) >= 11 is 0. The Hall–Kier alpha value is -2.02. The normalized spacial score (nSPS) is 9.53. The van der Waals surface area contributed by atoms with Crippen LogP contribution in [-0.4, -0.2) is 12.7 Å². The second-order valence-electron chi connectivity index (χ2n) is 3.86. The monoisotopic (exact) mass is 232 g/mol. The van der Waals surface area contributed by atoms with E-state index in [0.29, 0.717) is 17.9 Å². The van der Waals surface area contributed by atoms with Gasteiger partial charge in [0.05, 0.1) is 18.2 Å². The molecule has 0 aliphatic carbocycles. The second kappa shape index (κ2) is 5.90. The first kappa shape index (κ1) is 13.0. The number of aryl methyl sites for hydroxylation is 2. The van der Waals surface area contributed by atoms with Gasteiger partial charge in [0.25, 0.3) is 0 Å². The molecule has 0 radical (unpaired) electrons. The van der Waals surface area contributed by atoms with Gasteiger partial charge in [0, 0.05) is 5.69 Å². The lowest BCUT2D eigenvalue weighted by molar-refractivity contribution is 0.161. The van der Waals surface area contributed by atoms with Gasteiger partial charge in [-0.2, -0.15) is 5.26 Å². The molecule has 4 heteroatoms.